The number of amides is 2. The Morgan fingerprint density at radius 2 is 1.81 bits per heavy atom. The van der Waals surface area contributed by atoms with Gasteiger partial charge in [0.1, 0.15) is 5.75 Å². The lowest BCUT2D eigenvalue weighted by molar-refractivity contribution is 0.135. The van der Waals surface area contributed by atoms with Crippen molar-refractivity contribution in [1.82, 2.24) is 15.1 Å². The van der Waals surface area contributed by atoms with Crippen LogP contribution < -0.4 is 10.1 Å². The lowest BCUT2D eigenvalue weighted by atomic mass is 10.1. The molecule has 0 bridgehead atoms. The molecular formula is C22H29N3O2. The maximum Gasteiger partial charge on any atom is 0.317 e. The molecular weight excluding hydrogens is 338 g/mol. The number of piperazine rings is 1. The first-order chi connectivity index (χ1) is 13.0. The molecule has 5 nitrogen and oxygen atoms in total. The first-order valence-corrected chi connectivity index (χ1v) is 9.49. The molecule has 27 heavy (non-hydrogen) atoms. The Kier molecular flexibility index (Phi) is 6.35. The van der Waals surface area contributed by atoms with Crippen LogP contribution in [-0.2, 0) is 13.1 Å². The highest BCUT2D eigenvalue weighted by atomic mass is 16.5. The maximum absolute atomic E-state index is 12.5. The van der Waals surface area contributed by atoms with Crippen LogP contribution in [0.25, 0.3) is 0 Å². The highest BCUT2D eigenvalue weighted by Crippen LogP contribution is 2.18. The Hall–Kier alpha value is -2.53. The minimum atomic E-state index is 0.0127. The second kappa shape index (κ2) is 8.91. The topological polar surface area (TPSA) is 44.8 Å². The number of nitrogens with zero attached hydrogens (tertiary/aromatic N) is 2. The summed E-state index contributed by atoms with van der Waals surface area (Å²) in [5.74, 6) is 0.870. The predicted octanol–water partition coefficient (Wildman–Crippen LogP) is 3.34. The third-order valence-corrected chi connectivity index (χ3v) is 5.05. The molecule has 1 aliphatic heterocycles. The van der Waals surface area contributed by atoms with E-state index in [1.165, 1.54) is 11.1 Å². The number of rotatable bonds is 5. The van der Waals surface area contributed by atoms with Gasteiger partial charge in [-0.1, -0.05) is 42.0 Å². The van der Waals surface area contributed by atoms with Crippen LogP contribution in [0.5, 0.6) is 5.75 Å². The Bertz CT molecular complexity index is 783. The summed E-state index contributed by atoms with van der Waals surface area (Å²) >= 11 is 0. The van der Waals surface area contributed by atoms with Gasteiger partial charge in [0.15, 0.2) is 0 Å². The van der Waals surface area contributed by atoms with E-state index in [9.17, 15) is 4.79 Å². The van der Waals surface area contributed by atoms with Crippen molar-refractivity contribution in [3.8, 4) is 5.75 Å². The third kappa shape index (κ3) is 5.23. The van der Waals surface area contributed by atoms with Gasteiger partial charge in [-0.05, 0) is 36.6 Å². The third-order valence-electron chi connectivity index (χ3n) is 5.05. The molecule has 2 aromatic rings. The van der Waals surface area contributed by atoms with Crippen molar-refractivity contribution in [1.29, 1.82) is 0 Å². The van der Waals surface area contributed by atoms with Crippen molar-refractivity contribution in [2.75, 3.05) is 33.3 Å². The lowest BCUT2D eigenvalue weighted by Gasteiger charge is -2.34. The average Bonchev–Trinajstić information content (AvgIpc) is 2.67. The summed E-state index contributed by atoms with van der Waals surface area (Å²) in [5, 5.41) is 3.03. The fourth-order valence-corrected chi connectivity index (χ4v) is 3.52. The summed E-state index contributed by atoms with van der Waals surface area (Å²) in [6.07, 6.45) is 0. The monoisotopic (exact) mass is 367 g/mol. The van der Waals surface area contributed by atoms with E-state index in [1.54, 1.807) is 7.11 Å². The highest BCUT2D eigenvalue weighted by Gasteiger charge is 2.20. The summed E-state index contributed by atoms with van der Waals surface area (Å²) < 4.78 is 5.28. The first kappa shape index (κ1) is 19.2. The van der Waals surface area contributed by atoms with Crippen LogP contribution in [-0.4, -0.2) is 49.1 Å². The van der Waals surface area contributed by atoms with Crippen LogP contribution >= 0.6 is 0 Å². The number of carbonyl (C=O) groups excluding carboxylic acids is 1. The number of nitrogens with one attached hydrogen (secondary N) is 1. The second-order valence-electron chi connectivity index (χ2n) is 7.21. The average molecular weight is 367 g/mol. The molecule has 144 valence electrons. The van der Waals surface area contributed by atoms with Gasteiger partial charge in [-0.15, -0.1) is 0 Å². The molecule has 1 fully saturated rings. The zero-order valence-corrected chi connectivity index (χ0v) is 16.5. The van der Waals surface area contributed by atoms with E-state index in [4.69, 9.17) is 4.74 Å². The van der Waals surface area contributed by atoms with Crippen molar-refractivity contribution in [2.45, 2.75) is 26.9 Å². The summed E-state index contributed by atoms with van der Waals surface area (Å²) in [7, 11) is 1.67. The van der Waals surface area contributed by atoms with Crippen LogP contribution in [0.15, 0.2) is 42.5 Å². The van der Waals surface area contributed by atoms with Gasteiger partial charge in [0.2, 0.25) is 0 Å². The molecule has 1 saturated heterocycles. The van der Waals surface area contributed by atoms with E-state index >= 15 is 0 Å². The van der Waals surface area contributed by atoms with Crippen LogP contribution in [0.2, 0.25) is 0 Å². The number of aryl methyl sites for hydroxylation is 2. The fourth-order valence-electron chi connectivity index (χ4n) is 3.52. The molecule has 0 aromatic heterocycles. The van der Waals surface area contributed by atoms with Gasteiger partial charge in [0.05, 0.1) is 7.11 Å². The number of urea groups is 1. The van der Waals surface area contributed by atoms with Crippen LogP contribution in [0.4, 0.5) is 4.79 Å². The standard InChI is InChI=1S/C22H29N3O2/c1-17-5-4-6-20(13-17)16-24-9-11-25(12-10-24)22(26)23-15-19-7-8-21(27-3)18(2)14-19/h4-8,13-14H,9-12,15-16H2,1-3H3,(H,23,26). The summed E-state index contributed by atoms with van der Waals surface area (Å²) in [6.45, 7) is 8.95. The van der Waals surface area contributed by atoms with Crippen molar-refractivity contribution in [3.05, 3.63) is 64.7 Å². The van der Waals surface area contributed by atoms with Crippen molar-refractivity contribution >= 4 is 6.03 Å². The highest BCUT2D eigenvalue weighted by molar-refractivity contribution is 5.74. The summed E-state index contributed by atoms with van der Waals surface area (Å²) in [5.41, 5.74) is 4.79. The van der Waals surface area contributed by atoms with E-state index in [0.717, 1.165) is 49.6 Å². The van der Waals surface area contributed by atoms with Crippen molar-refractivity contribution in [3.63, 3.8) is 0 Å². The minimum absolute atomic E-state index is 0.0127. The van der Waals surface area contributed by atoms with Gasteiger partial charge in [-0.3, -0.25) is 4.90 Å². The van der Waals surface area contributed by atoms with Crippen molar-refractivity contribution in [2.24, 2.45) is 0 Å². The van der Waals surface area contributed by atoms with Gasteiger partial charge in [-0.2, -0.15) is 0 Å². The largest absolute Gasteiger partial charge is 0.496 e. The Balaban J connectivity index is 1.45. The van der Waals surface area contributed by atoms with Gasteiger partial charge in [0.25, 0.3) is 0 Å². The Morgan fingerprint density at radius 1 is 1.04 bits per heavy atom. The molecule has 1 aliphatic rings. The van der Waals surface area contributed by atoms with Gasteiger partial charge in [0, 0.05) is 39.3 Å². The number of benzene rings is 2. The summed E-state index contributed by atoms with van der Waals surface area (Å²) in [6, 6.07) is 14.6. The molecule has 0 unspecified atom stereocenters. The molecule has 1 N–H and O–H groups in total. The lowest BCUT2D eigenvalue weighted by Crippen LogP contribution is -2.51. The molecule has 0 saturated carbocycles. The smallest absolute Gasteiger partial charge is 0.317 e. The molecule has 1 heterocycles. The Labute approximate surface area is 161 Å². The van der Waals surface area contributed by atoms with Crippen LogP contribution in [0, 0.1) is 13.8 Å². The summed E-state index contributed by atoms with van der Waals surface area (Å²) in [4.78, 5) is 16.8. The van der Waals surface area contributed by atoms with E-state index in [2.05, 4.69) is 47.5 Å². The molecule has 0 atom stereocenters. The van der Waals surface area contributed by atoms with Crippen LogP contribution in [0.1, 0.15) is 22.3 Å². The van der Waals surface area contributed by atoms with E-state index in [0.29, 0.717) is 6.54 Å². The van der Waals surface area contributed by atoms with Crippen LogP contribution in [0.3, 0.4) is 0 Å². The molecule has 2 amide bonds. The molecule has 0 aliphatic carbocycles. The zero-order chi connectivity index (χ0) is 19.2. The van der Waals surface area contributed by atoms with Crippen molar-refractivity contribution < 1.29 is 9.53 Å². The Morgan fingerprint density at radius 3 is 2.48 bits per heavy atom. The first-order valence-electron chi connectivity index (χ1n) is 9.49. The molecule has 2 aromatic carbocycles. The maximum atomic E-state index is 12.5. The molecule has 5 heteroatoms. The van der Waals surface area contributed by atoms with Gasteiger partial charge in [-0.25, -0.2) is 4.79 Å². The van der Waals surface area contributed by atoms with E-state index in [-0.39, 0.29) is 6.03 Å². The molecule has 3 rings (SSSR count). The zero-order valence-electron chi connectivity index (χ0n) is 16.5. The van der Waals surface area contributed by atoms with Gasteiger partial charge >= 0.3 is 6.03 Å². The minimum Gasteiger partial charge on any atom is -0.496 e. The number of hydrogen-bond donors (Lipinski definition) is 1. The number of ether oxygens (including phenoxy) is 1. The molecule has 0 radical (unpaired) electrons. The molecule has 0 spiro atoms. The fraction of sp³-hybridized carbons (Fsp3) is 0.409. The number of hydrogen-bond acceptors (Lipinski definition) is 3. The normalized spacial score (nSPS) is 14.9. The number of methoxy groups -OCH3 is 1. The SMILES string of the molecule is COc1ccc(CNC(=O)N2CCN(Cc3cccc(C)c3)CC2)cc1C. The second-order valence-corrected chi connectivity index (χ2v) is 7.21. The van der Waals surface area contributed by atoms with Gasteiger partial charge < -0.3 is 15.0 Å². The predicted molar refractivity (Wildman–Crippen MR) is 108 cm³/mol. The van der Waals surface area contributed by atoms with E-state index in [1.807, 2.05) is 24.0 Å². The van der Waals surface area contributed by atoms with E-state index < -0.39 is 0 Å². The number of carbonyl (C=O) groups is 1. The quantitative estimate of drug-likeness (QED) is 0.882.